The summed E-state index contributed by atoms with van der Waals surface area (Å²) in [5, 5.41) is 10.3. The number of carbonyl (C=O) groups excluding carboxylic acids is 2. The van der Waals surface area contributed by atoms with Crippen molar-refractivity contribution in [1.29, 1.82) is 0 Å². The molecule has 0 radical (unpaired) electrons. The van der Waals surface area contributed by atoms with Gasteiger partial charge in [0, 0.05) is 10.9 Å². The lowest BCUT2D eigenvalue weighted by Crippen LogP contribution is -2.32. The summed E-state index contributed by atoms with van der Waals surface area (Å²) >= 11 is 1.78. The number of nitrogens with zero attached hydrogens (tertiary/aromatic N) is 2. The molecule has 0 aliphatic carbocycles. The molecule has 0 unspecified atom stereocenters. The highest BCUT2D eigenvalue weighted by Gasteiger charge is 2.35. The van der Waals surface area contributed by atoms with Gasteiger partial charge in [-0.3, -0.25) is 24.6 Å². The molecule has 1 aliphatic rings. The molecule has 2 heterocycles. The van der Waals surface area contributed by atoms with E-state index in [0.717, 1.165) is 33.6 Å². The Kier molecular flexibility index (Phi) is 5.38. The van der Waals surface area contributed by atoms with E-state index in [2.05, 4.69) is 0 Å². The van der Waals surface area contributed by atoms with E-state index in [1.807, 2.05) is 31.2 Å². The normalized spacial score (nSPS) is 15.7. The average molecular weight is 390 g/mol. The van der Waals surface area contributed by atoms with Crippen LogP contribution in [0.4, 0.5) is 9.80 Å². The average Bonchev–Trinajstić information content (AvgIpc) is 3.15. The topological polar surface area (TPSA) is 89.8 Å². The Morgan fingerprint density at radius 2 is 2.08 bits per heavy atom. The molecular weight excluding hydrogens is 376 g/mol. The van der Waals surface area contributed by atoms with Gasteiger partial charge in [-0.1, -0.05) is 23.5 Å². The number of thiophene rings is 1. The van der Waals surface area contributed by atoms with Crippen molar-refractivity contribution in [3.05, 3.63) is 61.9 Å². The van der Waals surface area contributed by atoms with Crippen LogP contribution in [0.15, 0.2) is 41.3 Å². The Hall–Kier alpha value is -2.65. The van der Waals surface area contributed by atoms with Crippen LogP contribution in [-0.2, 0) is 4.79 Å². The lowest BCUT2D eigenvalue weighted by atomic mass is 10.2. The summed E-state index contributed by atoms with van der Waals surface area (Å²) in [6, 6.07) is 10.4. The predicted octanol–water partition coefficient (Wildman–Crippen LogP) is 4.08. The molecule has 2 amide bonds. The fourth-order valence-corrected chi connectivity index (χ4v) is 4.00. The molecule has 0 N–H and O–H groups in total. The highest BCUT2D eigenvalue weighted by Crippen LogP contribution is 2.34. The molecule has 7 nitrogen and oxygen atoms in total. The molecule has 0 spiro atoms. The molecule has 1 fully saturated rings. The van der Waals surface area contributed by atoms with Crippen LogP contribution in [0, 0.1) is 17.0 Å². The van der Waals surface area contributed by atoms with Crippen LogP contribution in [0.3, 0.4) is 0 Å². The Labute approximate surface area is 157 Å². The first-order valence-corrected chi connectivity index (χ1v) is 9.26. The molecule has 134 valence electrons. The number of hydrogen-bond donors (Lipinski definition) is 0. The number of aryl methyl sites for hydroxylation is 1. The standard InChI is InChI=1S/C17H14N2O5S2/c1-11-3-2-4-12(9-11)24-8-7-18-16(20)14(26-17(18)21)10-13-5-6-15(25-13)19(22)23/h2-6,9-10H,7-8H2,1H3/b14-10-. The summed E-state index contributed by atoms with van der Waals surface area (Å²) in [6.07, 6.45) is 1.50. The van der Waals surface area contributed by atoms with Gasteiger partial charge in [-0.2, -0.15) is 0 Å². The van der Waals surface area contributed by atoms with E-state index >= 15 is 0 Å². The van der Waals surface area contributed by atoms with Gasteiger partial charge in [0.15, 0.2) is 0 Å². The first kappa shape index (κ1) is 18.2. The molecule has 0 saturated carbocycles. The van der Waals surface area contributed by atoms with Gasteiger partial charge in [0.05, 0.1) is 16.4 Å². The van der Waals surface area contributed by atoms with Gasteiger partial charge in [-0.25, -0.2) is 0 Å². The number of nitro groups is 1. The van der Waals surface area contributed by atoms with Gasteiger partial charge in [0.2, 0.25) is 0 Å². The molecule has 1 aromatic heterocycles. The van der Waals surface area contributed by atoms with Gasteiger partial charge in [0.1, 0.15) is 12.4 Å². The van der Waals surface area contributed by atoms with Crippen LogP contribution in [0.1, 0.15) is 10.4 Å². The Morgan fingerprint density at radius 3 is 2.77 bits per heavy atom. The van der Waals surface area contributed by atoms with Crippen molar-refractivity contribution >= 4 is 45.3 Å². The SMILES string of the molecule is Cc1cccc(OCCN2C(=O)S/C(=C\c3ccc([N+](=O)[O-])s3)C2=O)c1. The van der Waals surface area contributed by atoms with E-state index in [1.165, 1.54) is 12.1 Å². The van der Waals surface area contributed by atoms with Crippen LogP contribution in [0.5, 0.6) is 5.75 Å². The van der Waals surface area contributed by atoms with Crippen molar-refractivity contribution in [3.63, 3.8) is 0 Å². The zero-order chi connectivity index (χ0) is 18.7. The maximum absolute atomic E-state index is 12.4. The molecule has 1 aromatic carbocycles. The summed E-state index contributed by atoms with van der Waals surface area (Å²) in [5.74, 6) is 0.266. The van der Waals surface area contributed by atoms with Gasteiger partial charge in [-0.05, 0) is 48.5 Å². The van der Waals surface area contributed by atoms with E-state index in [4.69, 9.17) is 4.74 Å². The number of thioether (sulfide) groups is 1. The first-order valence-electron chi connectivity index (χ1n) is 7.63. The van der Waals surface area contributed by atoms with Crippen molar-refractivity contribution in [2.75, 3.05) is 13.2 Å². The maximum Gasteiger partial charge on any atom is 0.324 e. The zero-order valence-corrected chi connectivity index (χ0v) is 15.3. The number of amides is 2. The van der Waals surface area contributed by atoms with Crippen LogP contribution < -0.4 is 4.74 Å². The fourth-order valence-electron chi connectivity index (χ4n) is 2.30. The molecule has 0 atom stereocenters. The molecule has 9 heteroatoms. The molecule has 2 aromatic rings. The third-order valence-electron chi connectivity index (χ3n) is 3.51. The number of imide groups is 1. The van der Waals surface area contributed by atoms with Crippen LogP contribution in [-0.4, -0.2) is 34.1 Å². The lowest BCUT2D eigenvalue weighted by Gasteiger charge is -2.13. The number of hydrogen-bond acceptors (Lipinski definition) is 7. The van der Waals surface area contributed by atoms with E-state index in [-0.39, 0.29) is 28.3 Å². The third-order valence-corrected chi connectivity index (χ3v) is 5.40. The van der Waals surface area contributed by atoms with Crippen molar-refractivity contribution in [2.45, 2.75) is 6.92 Å². The Bertz CT molecular complexity index is 906. The summed E-state index contributed by atoms with van der Waals surface area (Å²) in [5.41, 5.74) is 1.06. The molecule has 3 rings (SSSR count). The highest BCUT2D eigenvalue weighted by molar-refractivity contribution is 8.18. The largest absolute Gasteiger partial charge is 0.492 e. The quantitative estimate of drug-likeness (QED) is 0.419. The van der Waals surface area contributed by atoms with Crippen molar-refractivity contribution in [3.8, 4) is 5.75 Å². The zero-order valence-electron chi connectivity index (χ0n) is 13.7. The van der Waals surface area contributed by atoms with E-state index in [0.29, 0.717) is 10.6 Å². The Balaban J connectivity index is 1.62. The number of benzene rings is 1. The maximum atomic E-state index is 12.4. The third kappa shape index (κ3) is 4.12. The summed E-state index contributed by atoms with van der Waals surface area (Å²) in [6.45, 7) is 2.28. The predicted molar refractivity (Wildman–Crippen MR) is 100 cm³/mol. The summed E-state index contributed by atoms with van der Waals surface area (Å²) in [7, 11) is 0. The smallest absolute Gasteiger partial charge is 0.324 e. The summed E-state index contributed by atoms with van der Waals surface area (Å²) < 4.78 is 5.58. The van der Waals surface area contributed by atoms with E-state index in [1.54, 1.807) is 6.07 Å². The molecule has 1 aliphatic heterocycles. The number of carbonyl (C=O) groups is 2. The second-order valence-corrected chi connectivity index (χ2v) is 7.52. The van der Waals surface area contributed by atoms with Crippen molar-refractivity contribution < 1.29 is 19.2 Å². The molecule has 26 heavy (non-hydrogen) atoms. The van der Waals surface area contributed by atoms with Gasteiger partial charge < -0.3 is 4.74 Å². The second-order valence-electron chi connectivity index (χ2n) is 5.43. The monoisotopic (exact) mass is 390 g/mol. The minimum Gasteiger partial charge on any atom is -0.492 e. The van der Waals surface area contributed by atoms with Crippen molar-refractivity contribution in [1.82, 2.24) is 4.90 Å². The molecular formula is C17H14N2O5S2. The molecule has 0 bridgehead atoms. The van der Waals surface area contributed by atoms with Gasteiger partial charge >= 0.3 is 5.00 Å². The lowest BCUT2D eigenvalue weighted by molar-refractivity contribution is -0.380. The Morgan fingerprint density at radius 1 is 1.27 bits per heavy atom. The fraction of sp³-hybridized carbons (Fsp3) is 0.176. The van der Waals surface area contributed by atoms with Crippen molar-refractivity contribution in [2.24, 2.45) is 0 Å². The van der Waals surface area contributed by atoms with Crippen LogP contribution in [0.2, 0.25) is 0 Å². The van der Waals surface area contributed by atoms with E-state index < -0.39 is 10.8 Å². The number of ether oxygens (including phenoxy) is 1. The highest BCUT2D eigenvalue weighted by atomic mass is 32.2. The minimum atomic E-state index is -0.490. The minimum absolute atomic E-state index is 0.0120. The van der Waals surface area contributed by atoms with Gasteiger partial charge in [0.25, 0.3) is 11.1 Å². The van der Waals surface area contributed by atoms with Crippen LogP contribution in [0.25, 0.3) is 6.08 Å². The van der Waals surface area contributed by atoms with E-state index in [9.17, 15) is 19.7 Å². The van der Waals surface area contributed by atoms with Crippen LogP contribution >= 0.6 is 23.1 Å². The molecule has 1 saturated heterocycles. The second kappa shape index (κ2) is 7.71. The number of rotatable bonds is 6. The van der Waals surface area contributed by atoms with Gasteiger partial charge in [-0.15, -0.1) is 0 Å². The summed E-state index contributed by atoms with van der Waals surface area (Å²) in [4.78, 5) is 36.6. The first-order chi connectivity index (χ1) is 12.4.